The SMILES string of the molecule is COC(=O)c1ccc(Cl)c(S(=O)(=O)Nc2cc([N+](=O)[O-])ccc2Cl)c1. The summed E-state index contributed by atoms with van der Waals surface area (Å²) in [6.45, 7) is 0. The Bertz CT molecular complexity index is 962. The predicted molar refractivity (Wildman–Crippen MR) is 91.7 cm³/mol. The van der Waals surface area contributed by atoms with Crippen molar-refractivity contribution in [3.8, 4) is 0 Å². The van der Waals surface area contributed by atoms with Gasteiger partial charge in [0.2, 0.25) is 0 Å². The number of anilines is 1. The van der Waals surface area contributed by atoms with Crippen LogP contribution in [0, 0.1) is 10.1 Å². The zero-order valence-electron chi connectivity index (χ0n) is 12.5. The largest absolute Gasteiger partial charge is 0.465 e. The first-order chi connectivity index (χ1) is 11.7. The molecule has 1 N–H and O–H groups in total. The molecule has 0 aromatic heterocycles. The highest BCUT2D eigenvalue weighted by atomic mass is 35.5. The number of esters is 1. The van der Waals surface area contributed by atoms with Crippen molar-refractivity contribution in [2.75, 3.05) is 11.8 Å². The number of ether oxygens (including phenoxy) is 1. The van der Waals surface area contributed by atoms with E-state index in [0.717, 1.165) is 25.3 Å². The minimum atomic E-state index is -4.27. The fourth-order valence-corrected chi connectivity index (χ4v) is 3.68. The number of nitrogens with one attached hydrogen (secondary N) is 1. The molecule has 0 amide bonds. The molecule has 0 aliphatic heterocycles. The van der Waals surface area contributed by atoms with Gasteiger partial charge in [0.15, 0.2) is 0 Å². The van der Waals surface area contributed by atoms with Crippen molar-refractivity contribution in [3.05, 3.63) is 62.1 Å². The third kappa shape index (κ3) is 4.19. The lowest BCUT2D eigenvalue weighted by Gasteiger charge is -2.11. The van der Waals surface area contributed by atoms with Gasteiger partial charge in [-0.05, 0) is 24.3 Å². The number of methoxy groups -OCH3 is 1. The van der Waals surface area contributed by atoms with Crippen molar-refractivity contribution in [1.29, 1.82) is 0 Å². The Morgan fingerprint density at radius 2 is 1.80 bits per heavy atom. The van der Waals surface area contributed by atoms with Crippen LogP contribution in [0.25, 0.3) is 0 Å². The van der Waals surface area contributed by atoms with Gasteiger partial charge in [0.1, 0.15) is 4.90 Å². The predicted octanol–water partition coefficient (Wildman–Crippen LogP) is 3.49. The van der Waals surface area contributed by atoms with E-state index in [1.54, 1.807) is 0 Å². The molecule has 2 rings (SSSR count). The second-order valence-electron chi connectivity index (χ2n) is 4.66. The van der Waals surface area contributed by atoms with Crippen LogP contribution < -0.4 is 4.72 Å². The molecule has 0 spiro atoms. The number of carbonyl (C=O) groups is 1. The number of nitrogens with zero attached hydrogens (tertiary/aromatic N) is 1. The number of halogens is 2. The van der Waals surface area contributed by atoms with Crippen LogP contribution in [-0.2, 0) is 14.8 Å². The number of carbonyl (C=O) groups excluding carboxylic acids is 1. The molecule has 0 aliphatic rings. The van der Waals surface area contributed by atoms with Gasteiger partial charge in [0.25, 0.3) is 15.7 Å². The Morgan fingerprint density at radius 1 is 1.16 bits per heavy atom. The lowest BCUT2D eigenvalue weighted by molar-refractivity contribution is -0.384. The Balaban J connectivity index is 2.48. The maximum Gasteiger partial charge on any atom is 0.337 e. The second-order valence-corrected chi connectivity index (χ2v) is 7.13. The highest BCUT2D eigenvalue weighted by Crippen LogP contribution is 2.31. The summed E-state index contributed by atoms with van der Waals surface area (Å²) in [7, 11) is -3.12. The van der Waals surface area contributed by atoms with E-state index < -0.39 is 25.8 Å². The molecule has 0 saturated heterocycles. The molecule has 2 aromatic carbocycles. The number of hydrogen-bond donors (Lipinski definition) is 1. The standard InChI is InChI=1S/C14H10Cl2N2O6S/c1-24-14(19)8-2-4-11(16)13(6-8)25(22,23)17-12-7-9(18(20)21)3-5-10(12)15/h2-7,17H,1H3. The van der Waals surface area contributed by atoms with Gasteiger partial charge in [0, 0.05) is 12.1 Å². The van der Waals surface area contributed by atoms with E-state index in [9.17, 15) is 23.3 Å². The number of benzene rings is 2. The van der Waals surface area contributed by atoms with Crippen LogP contribution in [0.15, 0.2) is 41.3 Å². The van der Waals surface area contributed by atoms with Crippen molar-refractivity contribution in [1.82, 2.24) is 0 Å². The van der Waals surface area contributed by atoms with Crippen molar-refractivity contribution in [2.45, 2.75) is 4.90 Å². The average molecular weight is 405 g/mol. The van der Waals surface area contributed by atoms with Crippen molar-refractivity contribution >= 4 is 50.6 Å². The Labute approximate surface area is 152 Å². The number of sulfonamides is 1. The smallest absolute Gasteiger partial charge is 0.337 e. The first kappa shape index (κ1) is 19.0. The summed E-state index contributed by atoms with van der Waals surface area (Å²) in [6.07, 6.45) is 0. The highest BCUT2D eigenvalue weighted by Gasteiger charge is 2.22. The Kier molecular flexibility index (Phi) is 5.51. The van der Waals surface area contributed by atoms with E-state index in [1.807, 2.05) is 0 Å². The molecule has 0 radical (unpaired) electrons. The zero-order chi connectivity index (χ0) is 18.8. The van der Waals surface area contributed by atoms with Gasteiger partial charge in [-0.15, -0.1) is 0 Å². The number of rotatable bonds is 5. The van der Waals surface area contributed by atoms with E-state index in [2.05, 4.69) is 9.46 Å². The van der Waals surface area contributed by atoms with E-state index in [1.165, 1.54) is 18.2 Å². The third-order valence-electron chi connectivity index (χ3n) is 3.05. The van der Waals surface area contributed by atoms with Gasteiger partial charge in [0.05, 0.1) is 33.3 Å². The fraction of sp³-hybridized carbons (Fsp3) is 0.0714. The molecule has 0 heterocycles. The van der Waals surface area contributed by atoms with Gasteiger partial charge in [-0.2, -0.15) is 0 Å². The van der Waals surface area contributed by atoms with Crippen LogP contribution in [0.3, 0.4) is 0 Å². The van der Waals surface area contributed by atoms with Gasteiger partial charge < -0.3 is 4.74 Å². The van der Waals surface area contributed by atoms with Crippen LogP contribution in [0.4, 0.5) is 11.4 Å². The minimum Gasteiger partial charge on any atom is -0.465 e. The number of hydrogen-bond acceptors (Lipinski definition) is 6. The quantitative estimate of drug-likeness (QED) is 0.463. The minimum absolute atomic E-state index is 0.0302. The molecule has 0 atom stereocenters. The number of nitro groups is 1. The molecule has 11 heteroatoms. The second kappa shape index (κ2) is 7.26. The van der Waals surface area contributed by atoms with E-state index in [4.69, 9.17) is 23.2 Å². The Hall–Kier alpha value is -2.36. The van der Waals surface area contributed by atoms with Gasteiger partial charge in [-0.3, -0.25) is 14.8 Å². The molecular weight excluding hydrogens is 395 g/mol. The summed E-state index contributed by atoms with van der Waals surface area (Å²) in [6, 6.07) is 6.83. The van der Waals surface area contributed by atoms with Gasteiger partial charge >= 0.3 is 5.97 Å². The molecule has 8 nitrogen and oxygen atoms in total. The Morgan fingerprint density at radius 3 is 2.40 bits per heavy atom. The van der Waals surface area contributed by atoms with Crippen LogP contribution in [0.1, 0.15) is 10.4 Å². The summed E-state index contributed by atoms with van der Waals surface area (Å²) in [5.41, 5.74) is -0.579. The molecule has 2 aromatic rings. The van der Waals surface area contributed by atoms with Crippen molar-refractivity contribution in [3.63, 3.8) is 0 Å². The summed E-state index contributed by atoms with van der Waals surface area (Å²) in [5.74, 6) is -0.749. The highest BCUT2D eigenvalue weighted by molar-refractivity contribution is 7.92. The van der Waals surface area contributed by atoms with E-state index in [-0.39, 0.29) is 27.0 Å². The molecule has 132 valence electrons. The van der Waals surface area contributed by atoms with Crippen molar-refractivity contribution < 1.29 is 22.9 Å². The first-order valence-electron chi connectivity index (χ1n) is 6.50. The molecular formula is C14H10Cl2N2O6S. The first-order valence-corrected chi connectivity index (χ1v) is 8.74. The van der Waals surface area contributed by atoms with Crippen LogP contribution >= 0.6 is 23.2 Å². The summed E-state index contributed by atoms with van der Waals surface area (Å²) < 4.78 is 31.7. The van der Waals surface area contributed by atoms with E-state index in [0.29, 0.717) is 0 Å². The number of non-ortho nitro benzene ring substituents is 1. The lowest BCUT2D eigenvalue weighted by Crippen LogP contribution is -2.15. The molecule has 0 unspecified atom stereocenters. The molecule has 0 aliphatic carbocycles. The zero-order valence-corrected chi connectivity index (χ0v) is 14.9. The van der Waals surface area contributed by atoms with Crippen LogP contribution in [0.5, 0.6) is 0 Å². The van der Waals surface area contributed by atoms with Crippen molar-refractivity contribution in [2.24, 2.45) is 0 Å². The maximum absolute atomic E-state index is 12.5. The topological polar surface area (TPSA) is 116 Å². The van der Waals surface area contributed by atoms with E-state index >= 15 is 0 Å². The summed E-state index contributed by atoms with van der Waals surface area (Å²) >= 11 is 11.8. The fourth-order valence-electron chi connectivity index (χ4n) is 1.86. The maximum atomic E-state index is 12.5. The summed E-state index contributed by atoms with van der Waals surface area (Å²) in [4.78, 5) is 21.3. The van der Waals surface area contributed by atoms with Crippen LogP contribution in [-0.4, -0.2) is 26.4 Å². The normalized spacial score (nSPS) is 11.0. The number of nitro benzene ring substituents is 1. The van der Waals surface area contributed by atoms with Gasteiger partial charge in [-0.1, -0.05) is 23.2 Å². The molecule has 0 saturated carbocycles. The summed E-state index contributed by atoms with van der Waals surface area (Å²) in [5, 5.41) is 10.6. The monoisotopic (exact) mass is 404 g/mol. The van der Waals surface area contributed by atoms with Gasteiger partial charge in [-0.25, -0.2) is 13.2 Å². The lowest BCUT2D eigenvalue weighted by atomic mass is 10.2. The van der Waals surface area contributed by atoms with Crippen LogP contribution in [0.2, 0.25) is 10.0 Å². The third-order valence-corrected chi connectivity index (χ3v) is 5.22. The average Bonchev–Trinajstić information content (AvgIpc) is 2.56. The molecule has 0 fully saturated rings. The molecule has 25 heavy (non-hydrogen) atoms. The molecule has 0 bridgehead atoms.